The molecule has 0 radical (unpaired) electrons. The highest BCUT2D eigenvalue weighted by Crippen LogP contribution is 2.17. The number of nitrogens with one attached hydrogen (secondary N) is 3. The molecule has 0 aliphatic carbocycles. The third kappa shape index (κ3) is 3.28. The van der Waals surface area contributed by atoms with Crippen LogP contribution in [0.2, 0.25) is 0 Å². The molecule has 1 aromatic heterocycles. The van der Waals surface area contributed by atoms with E-state index < -0.39 is 0 Å². The molecule has 1 heterocycles. The van der Waals surface area contributed by atoms with E-state index in [0.29, 0.717) is 11.7 Å². The first-order valence-corrected chi connectivity index (χ1v) is 7.71. The van der Waals surface area contributed by atoms with Gasteiger partial charge in [-0.15, -0.1) is 0 Å². The average Bonchev–Trinajstić information content (AvgIpc) is 2.87. The van der Waals surface area contributed by atoms with Crippen molar-refractivity contribution in [3.8, 4) is 0 Å². The maximum atomic E-state index is 5.37. The van der Waals surface area contributed by atoms with Crippen molar-refractivity contribution in [2.75, 3.05) is 5.32 Å². The van der Waals surface area contributed by atoms with E-state index in [1.165, 1.54) is 27.7 Å². The fraction of sp³-hybridized carbons (Fsp3) is 0.167. The predicted molar refractivity (Wildman–Crippen MR) is 97.3 cm³/mol. The molecule has 22 heavy (non-hydrogen) atoms. The molecule has 3 rings (SSSR count). The number of aryl methyl sites for hydroxylation is 2. The highest BCUT2D eigenvalue weighted by molar-refractivity contribution is 7.80. The highest BCUT2D eigenvalue weighted by atomic mass is 32.1. The van der Waals surface area contributed by atoms with E-state index in [-0.39, 0.29) is 0 Å². The summed E-state index contributed by atoms with van der Waals surface area (Å²) in [5.74, 6) is 0. The second-order valence-corrected chi connectivity index (χ2v) is 5.90. The molecule has 3 nitrogen and oxygen atoms in total. The van der Waals surface area contributed by atoms with Gasteiger partial charge in [-0.1, -0.05) is 24.3 Å². The molecule has 0 fully saturated rings. The number of hydrogen-bond donors (Lipinski definition) is 3. The minimum atomic E-state index is 0.639. The van der Waals surface area contributed by atoms with E-state index in [0.717, 1.165) is 5.69 Å². The predicted octanol–water partition coefficient (Wildman–Crippen LogP) is 4.27. The number of para-hydroxylation sites is 1. The lowest BCUT2D eigenvalue weighted by atomic mass is 10.1. The van der Waals surface area contributed by atoms with Gasteiger partial charge < -0.3 is 15.6 Å². The van der Waals surface area contributed by atoms with Gasteiger partial charge in [0.1, 0.15) is 0 Å². The van der Waals surface area contributed by atoms with Crippen molar-refractivity contribution in [2.45, 2.75) is 20.4 Å². The van der Waals surface area contributed by atoms with Crippen LogP contribution in [0.1, 0.15) is 16.8 Å². The summed E-state index contributed by atoms with van der Waals surface area (Å²) in [5.41, 5.74) is 5.77. The first kappa shape index (κ1) is 14.6. The summed E-state index contributed by atoms with van der Waals surface area (Å²) in [7, 11) is 0. The Bertz CT molecular complexity index is 820. The van der Waals surface area contributed by atoms with Gasteiger partial charge in [0, 0.05) is 23.4 Å². The molecular formula is C18H19N3S. The van der Waals surface area contributed by atoms with Crippen molar-refractivity contribution in [3.05, 3.63) is 65.4 Å². The summed E-state index contributed by atoms with van der Waals surface area (Å²) in [4.78, 5) is 3.33. The second-order valence-electron chi connectivity index (χ2n) is 5.50. The zero-order valence-corrected chi connectivity index (χ0v) is 13.6. The fourth-order valence-corrected chi connectivity index (χ4v) is 2.68. The number of benzene rings is 2. The first-order chi connectivity index (χ1) is 10.6. The normalized spacial score (nSPS) is 10.6. The number of aromatic amines is 1. The Morgan fingerprint density at radius 1 is 1.09 bits per heavy atom. The van der Waals surface area contributed by atoms with Crippen molar-refractivity contribution in [2.24, 2.45) is 0 Å². The number of hydrogen-bond acceptors (Lipinski definition) is 1. The first-order valence-electron chi connectivity index (χ1n) is 7.30. The molecule has 0 saturated carbocycles. The van der Waals surface area contributed by atoms with Gasteiger partial charge in [-0.25, -0.2) is 0 Å². The van der Waals surface area contributed by atoms with Gasteiger partial charge in [0.2, 0.25) is 0 Å². The van der Waals surface area contributed by atoms with Crippen LogP contribution >= 0.6 is 12.2 Å². The summed E-state index contributed by atoms with van der Waals surface area (Å²) in [6, 6.07) is 16.7. The lowest BCUT2D eigenvalue weighted by Crippen LogP contribution is -2.28. The molecule has 0 bridgehead atoms. The summed E-state index contributed by atoms with van der Waals surface area (Å²) < 4.78 is 0. The van der Waals surface area contributed by atoms with Gasteiger partial charge in [0.15, 0.2) is 5.11 Å². The quantitative estimate of drug-likeness (QED) is 0.633. The van der Waals surface area contributed by atoms with Crippen molar-refractivity contribution in [3.63, 3.8) is 0 Å². The molecule has 112 valence electrons. The number of H-pyrrole nitrogens is 1. The molecule has 0 amide bonds. The molecule has 4 heteroatoms. The Hall–Kier alpha value is -2.33. The van der Waals surface area contributed by atoms with E-state index in [1.807, 2.05) is 18.2 Å². The SMILES string of the molecule is Cc1cc2cc(CNC(=S)Nc3ccccc3C)ccc2[nH]1. The zero-order chi connectivity index (χ0) is 15.5. The number of rotatable bonds is 3. The average molecular weight is 309 g/mol. The van der Waals surface area contributed by atoms with Gasteiger partial charge in [-0.2, -0.15) is 0 Å². The van der Waals surface area contributed by atoms with Crippen molar-refractivity contribution in [1.29, 1.82) is 0 Å². The number of fused-ring (bicyclic) bond motifs is 1. The van der Waals surface area contributed by atoms with Gasteiger partial charge in [0.05, 0.1) is 0 Å². The largest absolute Gasteiger partial charge is 0.359 e. The van der Waals surface area contributed by atoms with Gasteiger partial charge in [-0.05, 0) is 66.8 Å². The van der Waals surface area contributed by atoms with E-state index in [9.17, 15) is 0 Å². The summed E-state index contributed by atoms with van der Waals surface area (Å²) in [6.07, 6.45) is 0. The van der Waals surface area contributed by atoms with Crippen LogP contribution in [0, 0.1) is 13.8 Å². The standard InChI is InChI=1S/C18H19N3S/c1-12-5-3-4-6-16(12)21-18(22)19-11-14-7-8-17-15(10-14)9-13(2)20-17/h3-10,20H,11H2,1-2H3,(H2,19,21,22). The minimum absolute atomic E-state index is 0.639. The van der Waals surface area contributed by atoms with Crippen LogP contribution < -0.4 is 10.6 Å². The maximum Gasteiger partial charge on any atom is 0.171 e. The van der Waals surface area contributed by atoms with Crippen LogP contribution in [0.15, 0.2) is 48.5 Å². The van der Waals surface area contributed by atoms with E-state index in [2.05, 4.69) is 59.8 Å². The Labute approximate surface area is 135 Å². The Morgan fingerprint density at radius 2 is 1.91 bits per heavy atom. The lowest BCUT2D eigenvalue weighted by Gasteiger charge is -2.12. The third-order valence-electron chi connectivity index (χ3n) is 3.67. The second kappa shape index (κ2) is 6.20. The molecule has 3 aromatic rings. The molecule has 0 atom stereocenters. The Morgan fingerprint density at radius 3 is 2.73 bits per heavy atom. The van der Waals surface area contributed by atoms with Crippen LogP contribution in [0.4, 0.5) is 5.69 Å². The van der Waals surface area contributed by atoms with Crippen LogP contribution in [-0.4, -0.2) is 10.1 Å². The summed E-state index contributed by atoms with van der Waals surface area (Å²) in [6.45, 7) is 4.84. The molecule has 0 saturated heterocycles. The molecule has 0 aliphatic rings. The molecule has 0 spiro atoms. The van der Waals surface area contributed by atoms with Gasteiger partial charge in [-0.3, -0.25) is 0 Å². The number of aromatic nitrogens is 1. The Kier molecular flexibility index (Phi) is 4.11. The minimum Gasteiger partial charge on any atom is -0.359 e. The van der Waals surface area contributed by atoms with Crippen LogP contribution in [0.25, 0.3) is 10.9 Å². The zero-order valence-electron chi connectivity index (χ0n) is 12.7. The molecule has 0 aliphatic heterocycles. The van der Waals surface area contributed by atoms with Crippen molar-refractivity contribution in [1.82, 2.24) is 10.3 Å². The monoisotopic (exact) mass is 309 g/mol. The Balaban J connectivity index is 1.63. The van der Waals surface area contributed by atoms with E-state index >= 15 is 0 Å². The molecule has 3 N–H and O–H groups in total. The van der Waals surface area contributed by atoms with E-state index in [1.54, 1.807) is 0 Å². The summed E-state index contributed by atoms with van der Waals surface area (Å²) in [5, 5.41) is 8.36. The van der Waals surface area contributed by atoms with Gasteiger partial charge in [0.25, 0.3) is 0 Å². The number of anilines is 1. The van der Waals surface area contributed by atoms with Crippen LogP contribution in [0.5, 0.6) is 0 Å². The lowest BCUT2D eigenvalue weighted by molar-refractivity contribution is 0.927. The van der Waals surface area contributed by atoms with Crippen molar-refractivity contribution < 1.29 is 0 Å². The van der Waals surface area contributed by atoms with Crippen LogP contribution in [-0.2, 0) is 6.54 Å². The van der Waals surface area contributed by atoms with Crippen LogP contribution in [0.3, 0.4) is 0 Å². The van der Waals surface area contributed by atoms with E-state index in [4.69, 9.17) is 12.2 Å². The van der Waals surface area contributed by atoms with Crippen molar-refractivity contribution >= 4 is 33.9 Å². The highest BCUT2D eigenvalue weighted by Gasteiger charge is 2.02. The molecule has 0 unspecified atom stereocenters. The molecule has 2 aromatic carbocycles. The molecular weight excluding hydrogens is 290 g/mol. The fourth-order valence-electron chi connectivity index (χ4n) is 2.50. The number of thiocarbonyl (C=S) groups is 1. The smallest absolute Gasteiger partial charge is 0.171 e. The summed E-state index contributed by atoms with van der Waals surface area (Å²) >= 11 is 5.37. The topological polar surface area (TPSA) is 39.8 Å². The maximum absolute atomic E-state index is 5.37. The van der Waals surface area contributed by atoms with Gasteiger partial charge >= 0.3 is 0 Å². The third-order valence-corrected chi connectivity index (χ3v) is 3.91.